The molecule has 3 heteroatoms. The third-order valence-corrected chi connectivity index (χ3v) is 3.95. The Morgan fingerprint density at radius 2 is 1.67 bits per heavy atom. The first-order valence-electron chi connectivity index (χ1n) is 8.94. The van der Waals surface area contributed by atoms with Crippen molar-refractivity contribution in [3.8, 4) is 0 Å². The summed E-state index contributed by atoms with van der Waals surface area (Å²) < 4.78 is 8.27. The summed E-state index contributed by atoms with van der Waals surface area (Å²) in [6.07, 6.45) is 19.1. The van der Waals surface area contributed by atoms with Crippen molar-refractivity contribution >= 4 is 0 Å². The molecule has 1 unspecified atom stereocenters. The normalized spacial score (nSPS) is 12.7. The summed E-state index contributed by atoms with van der Waals surface area (Å²) in [5.41, 5.74) is 0. The summed E-state index contributed by atoms with van der Waals surface area (Å²) in [6.45, 7) is 6.38. The highest BCUT2D eigenvalue weighted by atomic mass is 16.5. The average Bonchev–Trinajstić information content (AvgIpc) is 2.99. The van der Waals surface area contributed by atoms with Gasteiger partial charge >= 0.3 is 0 Å². The van der Waals surface area contributed by atoms with Crippen LogP contribution in [-0.4, -0.2) is 22.3 Å². The Balaban J connectivity index is 2.19. The van der Waals surface area contributed by atoms with E-state index in [1.807, 2.05) is 18.7 Å². The fraction of sp³-hybridized carbons (Fsp3) is 0.833. The summed E-state index contributed by atoms with van der Waals surface area (Å²) in [7, 11) is 0. The van der Waals surface area contributed by atoms with Crippen LogP contribution in [0, 0.1) is 0 Å². The molecule has 0 spiro atoms. The second-order valence-electron chi connectivity index (χ2n) is 6.02. The van der Waals surface area contributed by atoms with Crippen molar-refractivity contribution in [3.05, 3.63) is 18.7 Å². The SMILES string of the molecule is CCCCCCCOC(CCCCCC)Cn1ccnc1. The molecule has 0 saturated heterocycles. The van der Waals surface area contributed by atoms with Crippen molar-refractivity contribution in [2.24, 2.45) is 0 Å². The number of nitrogens with zero attached hydrogens (tertiary/aromatic N) is 2. The number of imidazole rings is 1. The minimum absolute atomic E-state index is 0.349. The van der Waals surface area contributed by atoms with Crippen LogP contribution in [0.2, 0.25) is 0 Å². The quantitative estimate of drug-likeness (QED) is 0.440. The van der Waals surface area contributed by atoms with Crippen molar-refractivity contribution in [1.82, 2.24) is 9.55 Å². The molecular formula is C18H34N2O. The van der Waals surface area contributed by atoms with Crippen molar-refractivity contribution in [2.75, 3.05) is 6.61 Å². The van der Waals surface area contributed by atoms with E-state index in [0.29, 0.717) is 6.10 Å². The van der Waals surface area contributed by atoms with Gasteiger partial charge in [0.05, 0.1) is 12.4 Å². The maximum atomic E-state index is 6.13. The third-order valence-electron chi connectivity index (χ3n) is 3.95. The molecule has 0 N–H and O–H groups in total. The predicted octanol–water partition coefficient (Wildman–Crippen LogP) is 5.21. The lowest BCUT2D eigenvalue weighted by Crippen LogP contribution is -2.20. The van der Waals surface area contributed by atoms with Gasteiger partial charge < -0.3 is 9.30 Å². The Labute approximate surface area is 131 Å². The fourth-order valence-electron chi connectivity index (χ4n) is 2.61. The highest BCUT2D eigenvalue weighted by Gasteiger charge is 2.09. The molecule has 0 radical (unpaired) electrons. The van der Waals surface area contributed by atoms with E-state index in [1.165, 1.54) is 64.2 Å². The molecule has 1 atom stereocenters. The molecule has 0 aliphatic carbocycles. The first-order valence-corrected chi connectivity index (χ1v) is 8.94. The number of unbranched alkanes of at least 4 members (excludes halogenated alkanes) is 7. The number of hydrogen-bond acceptors (Lipinski definition) is 2. The van der Waals surface area contributed by atoms with Gasteiger partial charge in [0.25, 0.3) is 0 Å². The number of ether oxygens (including phenoxy) is 1. The topological polar surface area (TPSA) is 27.1 Å². The zero-order valence-electron chi connectivity index (χ0n) is 14.1. The zero-order valence-corrected chi connectivity index (χ0v) is 14.1. The lowest BCUT2D eigenvalue weighted by Gasteiger charge is -2.18. The first kappa shape index (κ1) is 18.2. The average molecular weight is 294 g/mol. The molecule has 0 aromatic carbocycles. The van der Waals surface area contributed by atoms with Crippen LogP contribution in [0.25, 0.3) is 0 Å². The van der Waals surface area contributed by atoms with Gasteiger partial charge in [0.2, 0.25) is 0 Å². The Bertz CT molecular complexity index is 311. The molecular weight excluding hydrogens is 260 g/mol. The second-order valence-corrected chi connectivity index (χ2v) is 6.02. The molecule has 3 nitrogen and oxygen atoms in total. The highest BCUT2D eigenvalue weighted by Crippen LogP contribution is 2.12. The van der Waals surface area contributed by atoms with E-state index in [0.717, 1.165) is 13.2 Å². The number of hydrogen-bond donors (Lipinski definition) is 0. The molecule has 1 aromatic heterocycles. The van der Waals surface area contributed by atoms with Crippen LogP contribution in [0.4, 0.5) is 0 Å². The van der Waals surface area contributed by atoms with Gasteiger partial charge in [0.1, 0.15) is 0 Å². The summed E-state index contributed by atoms with van der Waals surface area (Å²) >= 11 is 0. The molecule has 0 bridgehead atoms. The van der Waals surface area contributed by atoms with Gasteiger partial charge in [-0.2, -0.15) is 0 Å². The number of aromatic nitrogens is 2. The van der Waals surface area contributed by atoms with E-state index in [4.69, 9.17) is 4.74 Å². The molecule has 21 heavy (non-hydrogen) atoms. The van der Waals surface area contributed by atoms with Crippen LogP contribution in [0.5, 0.6) is 0 Å². The van der Waals surface area contributed by atoms with Crippen LogP contribution in [0.3, 0.4) is 0 Å². The van der Waals surface area contributed by atoms with E-state index in [-0.39, 0.29) is 0 Å². The van der Waals surface area contributed by atoms with Crippen LogP contribution in [-0.2, 0) is 11.3 Å². The van der Waals surface area contributed by atoms with Crippen LogP contribution in [0.15, 0.2) is 18.7 Å². The summed E-state index contributed by atoms with van der Waals surface area (Å²) in [5.74, 6) is 0. The maximum absolute atomic E-state index is 6.13. The molecule has 1 heterocycles. The van der Waals surface area contributed by atoms with Gasteiger partial charge in [-0.05, 0) is 12.8 Å². The van der Waals surface area contributed by atoms with Crippen molar-refractivity contribution in [2.45, 2.75) is 90.7 Å². The summed E-state index contributed by atoms with van der Waals surface area (Å²) in [4.78, 5) is 4.12. The lowest BCUT2D eigenvalue weighted by molar-refractivity contribution is 0.0317. The largest absolute Gasteiger partial charge is 0.376 e. The first-order chi connectivity index (χ1) is 10.4. The van der Waals surface area contributed by atoms with Crippen molar-refractivity contribution in [1.29, 1.82) is 0 Å². The van der Waals surface area contributed by atoms with Gasteiger partial charge in [0.15, 0.2) is 0 Å². The predicted molar refractivity (Wildman–Crippen MR) is 89.5 cm³/mol. The smallest absolute Gasteiger partial charge is 0.0946 e. The van der Waals surface area contributed by atoms with Crippen molar-refractivity contribution in [3.63, 3.8) is 0 Å². The maximum Gasteiger partial charge on any atom is 0.0946 e. The lowest BCUT2D eigenvalue weighted by atomic mass is 10.1. The molecule has 122 valence electrons. The van der Waals surface area contributed by atoms with E-state index in [9.17, 15) is 0 Å². The second kappa shape index (κ2) is 12.9. The summed E-state index contributed by atoms with van der Waals surface area (Å²) in [6, 6.07) is 0. The summed E-state index contributed by atoms with van der Waals surface area (Å²) in [5, 5.41) is 0. The van der Waals surface area contributed by atoms with Crippen LogP contribution in [0.1, 0.15) is 78.1 Å². The van der Waals surface area contributed by atoms with E-state index >= 15 is 0 Å². The van der Waals surface area contributed by atoms with Crippen LogP contribution >= 0.6 is 0 Å². The molecule has 0 aliphatic rings. The Morgan fingerprint density at radius 3 is 2.33 bits per heavy atom. The molecule has 0 aliphatic heterocycles. The molecule has 0 fully saturated rings. The Kier molecular flexibility index (Phi) is 11.2. The van der Waals surface area contributed by atoms with Crippen molar-refractivity contribution < 1.29 is 4.74 Å². The minimum Gasteiger partial charge on any atom is -0.376 e. The monoisotopic (exact) mass is 294 g/mol. The highest BCUT2D eigenvalue weighted by molar-refractivity contribution is 4.76. The molecule has 0 amide bonds. The number of rotatable bonds is 14. The minimum atomic E-state index is 0.349. The van der Waals surface area contributed by atoms with Gasteiger partial charge in [-0.1, -0.05) is 65.2 Å². The van der Waals surface area contributed by atoms with E-state index < -0.39 is 0 Å². The van der Waals surface area contributed by atoms with Gasteiger partial charge in [-0.3, -0.25) is 0 Å². The molecule has 0 saturated carbocycles. The van der Waals surface area contributed by atoms with Gasteiger partial charge in [-0.25, -0.2) is 4.98 Å². The molecule has 1 rings (SSSR count). The van der Waals surface area contributed by atoms with Crippen LogP contribution < -0.4 is 0 Å². The Hall–Kier alpha value is -0.830. The molecule has 1 aromatic rings. The fourth-order valence-corrected chi connectivity index (χ4v) is 2.61. The van der Waals surface area contributed by atoms with E-state index in [1.54, 1.807) is 0 Å². The zero-order chi connectivity index (χ0) is 15.2. The van der Waals surface area contributed by atoms with Gasteiger partial charge in [0, 0.05) is 25.5 Å². The van der Waals surface area contributed by atoms with E-state index in [2.05, 4.69) is 23.4 Å². The van der Waals surface area contributed by atoms with Gasteiger partial charge in [-0.15, -0.1) is 0 Å². The Morgan fingerprint density at radius 1 is 0.952 bits per heavy atom. The standard InChI is InChI=1S/C18H34N2O/c1-3-5-7-9-11-15-21-18(12-10-8-6-4-2)16-20-14-13-19-17-20/h13-14,17-18H,3-12,15-16H2,1-2H3. The third kappa shape index (κ3) is 9.67.